The van der Waals surface area contributed by atoms with Gasteiger partial charge in [0.1, 0.15) is 0 Å². The topological polar surface area (TPSA) is 52.2 Å². The van der Waals surface area contributed by atoms with Gasteiger partial charge in [0, 0.05) is 30.7 Å². The molecular weight excluding hydrogens is 560 g/mol. The van der Waals surface area contributed by atoms with E-state index in [1.54, 1.807) is 0 Å². The Bertz CT molecular complexity index is 1180. The van der Waals surface area contributed by atoms with Crippen LogP contribution in [0.4, 0.5) is 0 Å². The lowest BCUT2D eigenvalue weighted by Gasteiger charge is -2.46. The second-order valence-electron chi connectivity index (χ2n) is 13.5. The molecule has 2 aromatic carbocycles. The average molecular weight is 623 g/mol. The van der Waals surface area contributed by atoms with Gasteiger partial charge in [-0.1, -0.05) is 37.6 Å². The SMILES string of the molecule is CCOc1ccc(CNC2CCC(N(Cc3ccc(OCC)c(OCC)c3)C(C)(C)C/C=C(\C)CC(C)C)CC2)cc1OCC. The number of nitrogens with one attached hydrogen (secondary N) is 1. The molecule has 0 radical (unpaired) electrons. The molecule has 1 fully saturated rings. The van der Waals surface area contributed by atoms with E-state index in [1.807, 2.05) is 33.8 Å². The molecule has 0 spiro atoms. The van der Waals surface area contributed by atoms with E-state index in [-0.39, 0.29) is 5.54 Å². The quantitative estimate of drug-likeness (QED) is 0.158. The largest absolute Gasteiger partial charge is 0.490 e. The van der Waals surface area contributed by atoms with Crippen molar-refractivity contribution in [3.8, 4) is 23.0 Å². The van der Waals surface area contributed by atoms with E-state index in [2.05, 4.69) is 81.2 Å². The molecule has 6 nitrogen and oxygen atoms in total. The van der Waals surface area contributed by atoms with Crippen molar-refractivity contribution in [2.45, 2.75) is 132 Å². The Balaban J connectivity index is 1.73. The van der Waals surface area contributed by atoms with Crippen molar-refractivity contribution in [1.29, 1.82) is 0 Å². The fourth-order valence-corrected chi connectivity index (χ4v) is 6.56. The molecule has 6 heteroatoms. The molecule has 2 aromatic rings. The first kappa shape index (κ1) is 36.8. The van der Waals surface area contributed by atoms with Crippen LogP contribution in [0.15, 0.2) is 48.0 Å². The van der Waals surface area contributed by atoms with E-state index < -0.39 is 0 Å². The molecule has 0 aromatic heterocycles. The zero-order valence-corrected chi connectivity index (χ0v) is 29.8. The molecule has 45 heavy (non-hydrogen) atoms. The smallest absolute Gasteiger partial charge is 0.161 e. The van der Waals surface area contributed by atoms with Gasteiger partial charge in [-0.05, 0) is 128 Å². The number of benzene rings is 2. The summed E-state index contributed by atoms with van der Waals surface area (Å²) in [6.07, 6.45) is 9.38. The molecule has 1 aliphatic rings. The normalized spacial score (nSPS) is 17.5. The molecule has 0 aliphatic heterocycles. The van der Waals surface area contributed by atoms with Crippen LogP contribution in [-0.2, 0) is 13.1 Å². The van der Waals surface area contributed by atoms with Crippen molar-refractivity contribution in [3.05, 3.63) is 59.2 Å². The molecule has 3 rings (SSSR count). The predicted molar refractivity (Wildman–Crippen MR) is 188 cm³/mol. The highest BCUT2D eigenvalue weighted by atomic mass is 16.5. The van der Waals surface area contributed by atoms with Gasteiger partial charge in [-0.2, -0.15) is 0 Å². The zero-order chi connectivity index (χ0) is 32.8. The molecule has 1 N–H and O–H groups in total. The maximum Gasteiger partial charge on any atom is 0.161 e. The van der Waals surface area contributed by atoms with Gasteiger partial charge in [0.05, 0.1) is 26.4 Å². The highest BCUT2D eigenvalue weighted by Crippen LogP contribution is 2.35. The van der Waals surface area contributed by atoms with E-state index in [9.17, 15) is 0 Å². The van der Waals surface area contributed by atoms with Gasteiger partial charge in [-0.25, -0.2) is 0 Å². The molecule has 252 valence electrons. The summed E-state index contributed by atoms with van der Waals surface area (Å²) in [6, 6.07) is 13.8. The van der Waals surface area contributed by atoms with E-state index in [0.717, 1.165) is 48.9 Å². The predicted octanol–water partition coefficient (Wildman–Crippen LogP) is 9.35. The van der Waals surface area contributed by atoms with E-state index >= 15 is 0 Å². The first-order valence-electron chi connectivity index (χ1n) is 17.5. The summed E-state index contributed by atoms with van der Waals surface area (Å²) in [6.45, 7) is 24.1. The van der Waals surface area contributed by atoms with Crippen LogP contribution in [0.3, 0.4) is 0 Å². The fraction of sp³-hybridized carbons (Fsp3) is 0.641. The third-order valence-electron chi connectivity index (χ3n) is 8.76. The number of hydrogen-bond donors (Lipinski definition) is 1. The van der Waals surface area contributed by atoms with Crippen molar-refractivity contribution in [2.24, 2.45) is 5.92 Å². The Morgan fingerprint density at radius 1 is 0.800 bits per heavy atom. The summed E-state index contributed by atoms with van der Waals surface area (Å²) in [5.41, 5.74) is 4.02. The highest BCUT2D eigenvalue weighted by Gasteiger charge is 2.34. The molecule has 0 unspecified atom stereocenters. The number of nitrogens with zero attached hydrogens (tertiary/aromatic N) is 1. The molecule has 0 bridgehead atoms. The molecule has 1 saturated carbocycles. The summed E-state index contributed by atoms with van der Waals surface area (Å²) in [5, 5.41) is 3.85. The lowest BCUT2D eigenvalue weighted by Crippen LogP contribution is -2.51. The number of allylic oxidation sites excluding steroid dienone is 1. The molecule has 0 saturated heterocycles. The van der Waals surface area contributed by atoms with Crippen LogP contribution in [0.25, 0.3) is 0 Å². The molecule has 0 heterocycles. The van der Waals surface area contributed by atoms with Crippen molar-refractivity contribution in [2.75, 3.05) is 26.4 Å². The Labute approximate surface area is 274 Å². The summed E-state index contributed by atoms with van der Waals surface area (Å²) in [5.74, 6) is 4.00. The lowest BCUT2D eigenvalue weighted by atomic mass is 9.85. The molecular formula is C39H62N2O4. The monoisotopic (exact) mass is 622 g/mol. The Kier molecular flexibility index (Phi) is 15.1. The maximum atomic E-state index is 6.00. The van der Waals surface area contributed by atoms with Gasteiger partial charge in [-0.15, -0.1) is 0 Å². The minimum atomic E-state index is 0.0194. The molecule has 1 aliphatic carbocycles. The van der Waals surface area contributed by atoms with E-state index in [1.165, 1.54) is 42.4 Å². The van der Waals surface area contributed by atoms with Crippen LogP contribution in [0.5, 0.6) is 23.0 Å². The summed E-state index contributed by atoms with van der Waals surface area (Å²) >= 11 is 0. The second kappa shape index (κ2) is 18.4. The molecule has 0 amide bonds. The third-order valence-corrected chi connectivity index (χ3v) is 8.76. The van der Waals surface area contributed by atoms with Gasteiger partial charge in [0.15, 0.2) is 23.0 Å². The summed E-state index contributed by atoms with van der Waals surface area (Å²) < 4.78 is 23.5. The Morgan fingerprint density at radius 3 is 1.84 bits per heavy atom. The highest BCUT2D eigenvalue weighted by molar-refractivity contribution is 5.44. The summed E-state index contributed by atoms with van der Waals surface area (Å²) in [7, 11) is 0. The Hall–Kier alpha value is -2.70. The Morgan fingerprint density at radius 2 is 1.31 bits per heavy atom. The first-order chi connectivity index (χ1) is 21.6. The number of hydrogen-bond acceptors (Lipinski definition) is 6. The van der Waals surface area contributed by atoms with E-state index in [4.69, 9.17) is 18.9 Å². The van der Waals surface area contributed by atoms with Crippen LogP contribution in [0.1, 0.15) is 112 Å². The minimum absolute atomic E-state index is 0.0194. The van der Waals surface area contributed by atoms with Gasteiger partial charge in [0.2, 0.25) is 0 Å². The van der Waals surface area contributed by atoms with Crippen LogP contribution in [0, 0.1) is 5.92 Å². The third kappa shape index (κ3) is 11.6. The minimum Gasteiger partial charge on any atom is -0.490 e. The number of ether oxygens (including phenoxy) is 4. The summed E-state index contributed by atoms with van der Waals surface area (Å²) in [4.78, 5) is 2.77. The first-order valence-corrected chi connectivity index (χ1v) is 17.5. The van der Waals surface area contributed by atoms with Crippen LogP contribution < -0.4 is 24.3 Å². The fourth-order valence-electron chi connectivity index (χ4n) is 6.56. The van der Waals surface area contributed by atoms with E-state index in [0.29, 0.717) is 44.4 Å². The van der Waals surface area contributed by atoms with Gasteiger partial charge in [-0.3, -0.25) is 4.90 Å². The molecule has 0 atom stereocenters. The number of rotatable bonds is 19. The maximum absolute atomic E-state index is 6.00. The van der Waals surface area contributed by atoms with Gasteiger partial charge in [0.25, 0.3) is 0 Å². The standard InChI is InChI=1S/C39H62N2O4/c1-10-42-35-20-14-31(25-37(35)44-12-3)27-40-33-16-18-34(19-17-33)41(39(8,9)23-22-30(7)24-29(5)6)28-32-15-21-36(43-11-2)38(26-32)45-13-4/h14-15,20-22,25-26,29,33-34,40H,10-13,16-19,23-24,27-28H2,1-9H3/b30-22+. The van der Waals surface area contributed by atoms with Crippen molar-refractivity contribution < 1.29 is 18.9 Å². The van der Waals surface area contributed by atoms with Crippen molar-refractivity contribution >= 4 is 0 Å². The van der Waals surface area contributed by atoms with Crippen molar-refractivity contribution in [3.63, 3.8) is 0 Å². The van der Waals surface area contributed by atoms with Crippen molar-refractivity contribution in [1.82, 2.24) is 10.2 Å². The van der Waals surface area contributed by atoms with Crippen LogP contribution >= 0.6 is 0 Å². The lowest BCUT2D eigenvalue weighted by molar-refractivity contribution is 0.0368. The van der Waals surface area contributed by atoms with Gasteiger partial charge >= 0.3 is 0 Å². The zero-order valence-electron chi connectivity index (χ0n) is 29.8. The van der Waals surface area contributed by atoms with Crippen LogP contribution in [0.2, 0.25) is 0 Å². The second-order valence-corrected chi connectivity index (χ2v) is 13.5. The van der Waals surface area contributed by atoms with Gasteiger partial charge < -0.3 is 24.3 Å². The average Bonchev–Trinajstić information content (AvgIpc) is 3.00. The van der Waals surface area contributed by atoms with Crippen LogP contribution in [-0.4, -0.2) is 49.0 Å².